The zero-order valence-electron chi connectivity index (χ0n) is 9.22. The lowest BCUT2D eigenvalue weighted by molar-refractivity contribution is -0.132. The molecule has 0 atom stereocenters. The fourth-order valence-corrected chi connectivity index (χ4v) is 1.34. The molecule has 0 spiro atoms. The number of imide groups is 1. The highest BCUT2D eigenvalue weighted by atomic mass is 35.5. The molecule has 0 unspecified atom stereocenters. The first-order chi connectivity index (χ1) is 7.40. The summed E-state index contributed by atoms with van der Waals surface area (Å²) in [5.74, 6) is -1.38. The van der Waals surface area contributed by atoms with E-state index < -0.39 is 11.8 Å². The third kappa shape index (κ3) is 1.99. The molecule has 0 fully saturated rings. The van der Waals surface area contributed by atoms with Gasteiger partial charge in [-0.05, 0) is 19.9 Å². The van der Waals surface area contributed by atoms with Crippen molar-refractivity contribution < 1.29 is 9.59 Å². The molecule has 0 saturated carbocycles. The summed E-state index contributed by atoms with van der Waals surface area (Å²) in [5.41, 5.74) is 0.846. The molecule has 0 aliphatic carbocycles. The van der Waals surface area contributed by atoms with Crippen LogP contribution in [0.4, 0.5) is 0 Å². The molecule has 0 saturated heterocycles. The molecule has 1 heterocycles. The summed E-state index contributed by atoms with van der Waals surface area (Å²) in [7, 11) is 1.68. The van der Waals surface area contributed by atoms with Crippen LogP contribution >= 0.6 is 11.6 Å². The molecule has 0 aromatic heterocycles. The molecule has 1 rings (SSSR count). The van der Waals surface area contributed by atoms with Gasteiger partial charge in [0.05, 0.1) is 0 Å². The molecule has 16 heavy (non-hydrogen) atoms. The lowest BCUT2D eigenvalue weighted by Crippen LogP contribution is -2.36. The monoisotopic (exact) mass is 241 g/mol. The number of nitrogens with one attached hydrogen (secondary N) is 2. The zero-order valence-corrected chi connectivity index (χ0v) is 9.97. The van der Waals surface area contributed by atoms with Gasteiger partial charge in [0.25, 0.3) is 11.8 Å². The predicted molar refractivity (Wildman–Crippen MR) is 60.9 cm³/mol. The Morgan fingerprint density at radius 3 is 2.38 bits per heavy atom. The molecule has 1 aliphatic rings. The Morgan fingerprint density at radius 1 is 1.44 bits per heavy atom. The van der Waals surface area contributed by atoms with E-state index in [0.29, 0.717) is 5.70 Å². The van der Waals surface area contributed by atoms with Crippen LogP contribution in [0.15, 0.2) is 22.4 Å². The lowest BCUT2D eigenvalue weighted by atomic mass is 10.3. The van der Waals surface area contributed by atoms with Gasteiger partial charge in [-0.25, -0.2) is 4.90 Å². The Hall–Kier alpha value is -1.62. The number of hydrogen-bond donors (Lipinski definition) is 2. The minimum absolute atomic E-state index is 0.120. The van der Waals surface area contributed by atoms with Crippen molar-refractivity contribution in [2.45, 2.75) is 13.8 Å². The van der Waals surface area contributed by atoms with Crippen LogP contribution in [0.5, 0.6) is 0 Å². The van der Waals surface area contributed by atoms with Crippen molar-refractivity contribution in [3.8, 4) is 0 Å². The molecule has 6 heteroatoms. The number of nitrogens with zero attached hydrogens (tertiary/aromatic N) is 1. The molecule has 2 N–H and O–H groups in total. The molecule has 86 valence electrons. The Morgan fingerprint density at radius 2 is 2.00 bits per heavy atom. The van der Waals surface area contributed by atoms with Gasteiger partial charge in [-0.1, -0.05) is 11.6 Å². The Labute approximate surface area is 98.3 Å². The molecule has 5 nitrogen and oxygen atoms in total. The van der Waals surface area contributed by atoms with Crippen molar-refractivity contribution in [2.75, 3.05) is 7.05 Å². The summed E-state index contributed by atoms with van der Waals surface area (Å²) in [5, 5.41) is 10.3. The van der Waals surface area contributed by atoms with Crippen LogP contribution in [0.3, 0.4) is 0 Å². The van der Waals surface area contributed by atoms with E-state index in [9.17, 15) is 9.59 Å². The van der Waals surface area contributed by atoms with Crippen molar-refractivity contribution in [3.05, 3.63) is 22.4 Å². The van der Waals surface area contributed by atoms with Gasteiger partial charge in [0.2, 0.25) is 0 Å². The third-order valence-electron chi connectivity index (χ3n) is 2.23. The second-order valence-corrected chi connectivity index (χ2v) is 3.73. The lowest BCUT2D eigenvalue weighted by Gasteiger charge is -2.13. The molecule has 0 radical (unpaired) electrons. The summed E-state index contributed by atoms with van der Waals surface area (Å²) in [4.78, 5) is 23.9. The molecule has 0 aromatic rings. The van der Waals surface area contributed by atoms with Gasteiger partial charge in [0, 0.05) is 18.3 Å². The van der Waals surface area contributed by atoms with Crippen molar-refractivity contribution >= 4 is 29.3 Å². The smallest absolute Gasteiger partial charge is 0.278 e. The van der Waals surface area contributed by atoms with E-state index in [4.69, 9.17) is 17.0 Å². The van der Waals surface area contributed by atoms with Crippen LogP contribution in [0, 0.1) is 5.41 Å². The molecular weight excluding hydrogens is 230 g/mol. The average Bonchev–Trinajstić information content (AvgIpc) is 2.43. The van der Waals surface area contributed by atoms with Crippen LogP contribution in [-0.2, 0) is 9.59 Å². The standard InChI is InChI=1S/C10H12ClN3O2/c1-5(13-3)4-7(12)14-9(15)6(2)8(11)10(14)16/h4,12-13H,1-3H3/b5-4-,12-7?. The van der Waals surface area contributed by atoms with E-state index in [1.165, 1.54) is 13.0 Å². The first-order valence-corrected chi connectivity index (χ1v) is 4.97. The average molecular weight is 242 g/mol. The number of hydrogen-bond acceptors (Lipinski definition) is 4. The zero-order chi connectivity index (χ0) is 12.5. The van der Waals surface area contributed by atoms with Crippen LogP contribution < -0.4 is 5.32 Å². The molecule has 1 aliphatic heterocycles. The summed E-state index contributed by atoms with van der Waals surface area (Å²) < 4.78 is 0. The number of amidine groups is 1. The molecule has 0 aromatic carbocycles. The number of halogens is 1. The largest absolute Gasteiger partial charge is 0.392 e. The first kappa shape index (κ1) is 12.4. The van der Waals surface area contributed by atoms with Gasteiger partial charge in [0.1, 0.15) is 10.9 Å². The molecule has 2 amide bonds. The summed E-state index contributed by atoms with van der Waals surface area (Å²) >= 11 is 5.65. The summed E-state index contributed by atoms with van der Waals surface area (Å²) in [6, 6.07) is 0. The normalized spacial score (nSPS) is 17.2. The molecular formula is C10H12ClN3O2. The highest BCUT2D eigenvalue weighted by molar-refractivity contribution is 6.50. The van der Waals surface area contributed by atoms with E-state index in [1.807, 2.05) is 0 Å². The molecule has 0 bridgehead atoms. The van der Waals surface area contributed by atoms with Crippen molar-refractivity contribution in [1.82, 2.24) is 10.2 Å². The highest BCUT2D eigenvalue weighted by Gasteiger charge is 2.36. The van der Waals surface area contributed by atoms with E-state index in [-0.39, 0.29) is 16.4 Å². The number of allylic oxidation sites excluding steroid dienone is 1. The van der Waals surface area contributed by atoms with E-state index in [1.54, 1.807) is 14.0 Å². The van der Waals surface area contributed by atoms with Gasteiger partial charge in [0.15, 0.2) is 0 Å². The maximum atomic E-state index is 11.6. The van der Waals surface area contributed by atoms with Gasteiger partial charge in [-0.15, -0.1) is 0 Å². The van der Waals surface area contributed by atoms with Crippen LogP contribution in [0.2, 0.25) is 0 Å². The minimum atomic E-state index is -0.644. The first-order valence-electron chi connectivity index (χ1n) is 4.60. The van der Waals surface area contributed by atoms with Crippen molar-refractivity contribution in [1.29, 1.82) is 5.41 Å². The van der Waals surface area contributed by atoms with Crippen LogP contribution in [0.1, 0.15) is 13.8 Å². The maximum Gasteiger partial charge on any atom is 0.278 e. The Bertz CT molecular complexity index is 413. The number of carbonyl (C=O) groups is 2. The van der Waals surface area contributed by atoms with Gasteiger partial charge in [-0.3, -0.25) is 15.0 Å². The van der Waals surface area contributed by atoms with Crippen LogP contribution in [-0.4, -0.2) is 29.6 Å². The quantitative estimate of drug-likeness (QED) is 0.430. The second kappa shape index (κ2) is 4.49. The highest BCUT2D eigenvalue weighted by Crippen LogP contribution is 2.23. The Kier molecular flexibility index (Phi) is 3.49. The van der Waals surface area contributed by atoms with Gasteiger partial charge < -0.3 is 5.32 Å². The van der Waals surface area contributed by atoms with Crippen molar-refractivity contribution in [3.63, 3.8) is 0 Å². The second-order valence-electron chi connectivity index (χ2n) is 3.35. The maximum absolute atomic E-state index is 11.6. The van der Waals surface area contributed by atoms with Gasteiger partial charge in [-0.2, -0.15) is 0 Å². The minimum Gasteiger partial charge on any atom is -0.392 e. The fourth-order valence-electron chi connectivity index (χ4n) is 1.17. The van der Waals surface area contributed by atoms with Crippen LogP contribution in [0.25, 0.3) is 0 Å². The van der Waals surface area contributed by atoms with E-state index in [0.717, 1.165) is 4.90 Å². The van der Waals surface area contributed by atoms with Gasteiger partial charge >= 0.3 is 0 Å². The SMILES string of the molecule is CN/C(C)=C\C(=N)N1C(=O)C(C)=C(Cl)C1=O. The fraction of sp³-hybridized carbons (Fsp3) is 0.300. The summed E-state index contributed by atoms with van der Waals surface area (Å²) in [6.45, 7) is 3.19. The van der Waals surface area contributed by atoms with E-state index >= 15 is 0 Å². The van der Waals surface area contributed by atoms with E-state index in [2.05, 4.69) is 5.32 Å². The third-order valence-corrected chi connectivity index (χ3v) is 2.68. The Balaban J connectivity index is 2.99. The number of rotatable bonds is 2. The predicted octanol–water partition coefficient (Wildman–Crippen LogP) is 0.968. The number of amides is 2. The topological polar surface area (TPSA) is 73.3 Å². The summed E-state index contributed by atoms with van der Waals surface area (Å²) in [6.07, 6.45) is 1.39. The number of carbonyl (C=O) groups excluding carboxylic acids is 2. The van der Waals surface area contributed by atoms with Crippen molar-refractivity contribution in [2.24, 2.45) is 0 Å².